The summed E-state index contributed by atoms with van der Waals surface area (Å²) in [6, 6.07) is 18.1. The Labute approximate surface area is 189 Å². The first kappa shape index (κ1) is 19.5. The van der Waals surface area contributed by atoms with Crippen LogP contribution < -0.4 is 0 Å². The second kappa shape index (κ2) is 6.22. The molecule has 3 aromatic carbocycles. The van der Waals surface area contributed by atoms with Crippen LogP contribution in [0, 0.1) is 12.3 Å². The van der Waals surface area contributed by atoms with Gasteiger partial charge in [0, 0.05) is 22.6 Å². The molecule has 1 aliphatic rings. The predicted octanol–water partition coefficient (Wildman–Crippen LogP) is 8.34. The Balaban J connectivity index is 1.79. The smallest absolute Gasteiger partial charge is 0.139 e. The van der Waals surface area contributed by atoms with Crippen LogP contribution in [0.4, 0.5) is 0 Å². The Morgan fingerprint density at radius 1 is 0.875 bits per heavy atom. The number of rotatable bonds is 1. The molecular weight excluding hydrogens is 390 g/mol. The molecule has 160 valence electrons. The van der Waals surface area contributed by atoms with Gasteiger partial charge in [0.15, 0.2) is 0 Å². The average molecular weight is 420 g/mol. The third-order valence-electron chi connectivity index (χ3n) is 7.07. The van der Waals surface area contributed by atoms with Gasteiger partial charge in [0.25, 0.3) is 0 Å². The number of benzene rings is 3. The van der Waals surface area contributed by atoms with Gasteiger partial charge in [0.1, 0.15) is 11.2 Å². The molecule has 5 aromatic rings. The maximum Gasteiger partial charge on any atom is 0.139 e. The zero-order valence-electron chi connectivity index (χ0n) is 19.8. The van der Waals surface area contributed by atoms with E-state index in [0.29, 0.717) is 0 Å². The van der Waals surface area contributed by atoms with Crippen LogP contribution in [0.2, 0.25) is 0 Å². The molecule has 0 bridgehead atoms. The van der Waals surface area contributed by atoms with Gasteiger partial charge in [-0.15, -0.1) is 0 Å². The SMILES string of the molecule is Cc1ccc2cc3c(cc2c1)C(C)(C)c1ccc(CC(C)(C)C)c2oc4ccnc-3c4c12. The fraction of sp³-hybridized carbons (Fsp3) is 0.300. The van der Waals surface area contributed by atoms with E-state index in [1.165, 1.54) is 44.0 Å². The lowest BCUT2D eigenvalue weighted by atomic mass is 9.74. The number of nitrogens with zero attached hydrogens (tertiary/aromatic N) is 1. The first-order valence-corrected chi connectivity index (χ1v) is 11.5. The first-order chi connectivity index (χ1) is 15.1. The van der Waals surface area contributed by atoms with Crippen molar-refractivity contribution in [3.63, 3.8) is 0 Å². The normalized spacial score (nSPS) is 14.9. The van der Waals surface area contributed by atoms with E-state index in [1.54, 1.807) is 0 Å². The van der Waals surface area contributed by atoms with Crippen LogP contribution in [0.1, 0.15) is 56.9 Å². The van der Waals surface area contributed by atoms with Gasteiger partial charge in [-0.1, -0.05) is 70.5 Å². The molecule has 0 aliphatic heterocycles. The Kier molecular flexibility index (Phi) is 3.80. The summed E-state index contributed by atoms with van der Waals surface area (Å²) in [5.74, 6) is 0. The third-order valence-corrected chi connectivity index (χ3v) is 7.07. The van der Waals surface area contributed by atoms with Crippen molar-refractivity contribution in [3.05, 3.63) is 77.0 Å². The zero-order valence-corrected chi connectivity index (χ0v) is 19.8. The van der Waals surface area contributed by atoms with Gasteiger partial charge < -0.3 is 4.42 Å². The highest BCUT2D eigenvalue weighted by Gasteiger charge is 2.35. The van der Waals surface area contributed by atoms with E-state index in [4.69, 9.17) is 9.40 Å². The Bertz CT molecular complexity index is 1560. The summed E-state index contributed by atoms with van der Waals surface area (Å²) < 4.78 is 6.56. The largest absolute Gasteiger partial charge is 0.456 e. The summed E-state index contributed by atoms with van der Waals surface area (Å²) >= 11 is 0. The quantitative estimate of drug-likeness (QED) is 0.273. The minimum absolute atomic E-state index is 0.177. The summed E-state index contributed by atoms with van der Waals surface area (Å²) in [5, 5.41) is 4.94. The van der Waals surface area contributed by atoms with Crippen molar-refractivity contribution in [2.45, 2.75) is 53.4 Å². The van der Waals surface area contributed by atoms with Crippen LogP contribution in [-0.4, -0.2) is 4.98 Å². The second-order valence-electron chi connectivity index (χ2n) is 11.2. The zero-order chi connectivity index (χ0) is 22.4. The van der Waals surface area contributed by atoms with Crippen molar-refractivity contribution in [2.75, 3.05) is 0 Å². The van der Waals surface area contributed by atoms with Gasteiger partial charge in [0.2, 0.25) is 0 Å². The molecule has 6 rings (SSSR count). The summed E-state index contributed by atoms with van der Waals surface area (Å²) in [6.45, 7) is 13.7. The minimum Gasteiger partial charge on any atom is -0.456 e. The molecule has 0 spiro atoms. The van der Waals surface area contributed by atoms with Gasteiger partial charge in [-0.05, 0) is 64.4 Å². The average Bonchev–Trinajstić information content (AvgIpc) is 3.08. The summed E-state index contributed by atoms with van der Waals surface area (Å²) in [5.41, 5.74) is 9.44. The molecule has 2 nitrogen and oxygen atoms in total. The molecule has 0 radical (unpaired) electrons. The van der Waals surface area contributed by atoms with E-state index in [9.17, 15) is 0 Å². The van der Waals surface area contributed by atoms with Crippen LogP contribution in [-0.2, 0) is 11.8 Å². The fourth-order valence-electron chi connectivity index (χ4n) is 5.58. The molecule has 1 aliphatic carbocycles. The maximum atomic E-state index is 6.56. The summed E-state index contributed by atoms with van der Waals surface area (Å²) in [7, 11) is 0. The lowest BCUT2D eigenvalue weighted by molar-refractivity contribution is 0.410. The highest BCUT2D eigenvalue weighted by molar-refractivity contribution is 6.16. The van der Waals surface area contributed by atoms with Crippen molar-refractivity contribution in [1.29, 1.82) is 0 Å². The molecule has 0 amide bonds. The van der Waals surface area contributed by atoms with Crippen molar-refractivity contribution in [2.24, 2.45) is 5.41 Å². The summed E-state index contributed by atoms with van der Waals surface area (Å²) in [4.78, 5) is 4.93. The Morgan fingerprint density at radius 2 is 1.69 bits per heavy atom. The van der Waals surface area contributed by atoms with E-state index in [1.807, 2.05) is 12.3 Å². The maximum absolute atomic E-state index is 6.56. The van der Waals surface area contributed by atoms with E-state index in [2.05, 4.69) is 84.0 Å². The standard InChI is InChI=1S/C30H29NO/c1-17-7-8-18-14-21-23(15-20(18)13-17)30(5,6)22-10-9-19(16-29(2,3)4)28-25(22)26-24(32-28)11-12-31-27(21)26/h7-15H,16H2,1-6H3. The first-order valence-electron chi connectivity index (χ1n) is 11.5. The van der Waals surface area contributed by atoms with Crippen LogP contribution in [0.25, 0.3) is 44.0 Å². The molecule has 0 saturated carbocycles. The number of hydrogen-bond acceptors (Lipinski definition) is 2. The van der Waals surface area contributed by atoms with Crippen molar-refractivity contribution >= 4 is 32.7 Å². The number of fused-ring (bicyclic) bond motifs is 3. The molecule has 0 saturated heterocycles. The van der Waals surface area contributed by atoms with E-state index < -0.39 is 0 Å². The number of pyridine rings is 1. The van der Waals surface area contributed by atoms with Gasteiger partial charge in [-0.25, -0.2) is 0 Å². The molecule has 2 heteroatoms. The molecule has 0 fully saturated rings. The van der Waals surface area contributed by atoms with Gasteiger partial charge in [0.05, 0.1) is 11.1 Å². The number of hydrogen-bond donors (Lipinski definition) is 0. The van der Waals surface area contributed by atoms with E-state index in [-0.39, 0.29) is 10.8 Å². The Morgan fingerprint density at radius 3 is 2.47 bits per heavy atom. The molecule has 32 heavy (non-hydrogen) atoms. The lowest BCUT2D eigenvalue weighted by Gasteiger charge is -2.29. The lowest BCUT2D eigenvalue weighted by Crippen LogP contribution is -2.20. The van der Waals surface area contributed by atoms with Gasteiger partial charge in [-0.2, -0.15) is 0 Å². The van der Waals surface area contributed by atoms with E-state index in [0.717, 1.165) is 28.7 Å². The van der Waals surface area contributed by atoms with Crippen molar-refractivity contribution in [3.8, 4) is 11.3 Å². The number of aromatic nitrogens is 1. The van der Waals surface area contributed by atoms with Crippen LogP contribution >= 0.6 is 0 Å². The molecule has 0 unspecified atom stereocenters. The number of aryl methyl sites for hydroxylation is 1. The van der Waals surface area contributed by atoms with Crippen LogP contribution in [0.15, 0.2) is 59.1 Å². The third kappa shape index (κ3) is 2.68. The van der Waals surface area contributed by atoms with Crippen molar-refractivity contribution < 1.29 is 4.42 Å². The molecule has 2 aromatic heterocycles. The second-order valence-corrected chi connectivity index (χ2v) is 11.2. The minimum atomic E-state index is -0.177. The van der Waals surface area contributed by atoms with Crippen molar-refractivity contribution in [1.82, 2.24) is 4.98 Å². The highest BCUT2D eigenvalue weighted by Crippen LogP contribution is 2.50. The fourth-order valence-corrected chi connectivity index (χ4v) is 5.58. The topological polar surface area (TPSA) is 26.0 Å². The molecule has 0 atom stereocenters. The molecular formula is C30H29NO. The molecule has 2 heterocycles. The molecule has 0 N–H and O–H groups in total. The monoisotopic (exact) mass is 419 g/mol. The Hall–Kier alpha value is -3.13. The predicted molar refractivity (Wildman–Crippen MR) is 134 cm³/mol. The van der Waals surface area contributed by atoms with Gasteiger partial charge >= 0.3 is 0 Å². The summed E-state index contributed by atoms with van der Waals surface area (Å²) in [6.07, 6.45) is 2.87. The van der Waals surface area contributed by atoms with Gasteiger partial charge in [-0.3, -0.25) is 4.98 Å². The van der Waals surface area contributed by atoms with Crippen LogP contribution in [0.3, 0.4) is 0 Å². The highest BCUT2D eigenvalue weighted by atomic mass is 16.3. The van der Waals surface area contributed by atoms with Crippen LogP contribution in [0.5, 0.6) is 0 Å². The van der Waals surface area contributed by atoms with E-state index >= 15 is 0 Å². The number of furan rings is 1.